The van der Waals surface area contributed by atoms with Crippen molar-refractivity contribution in [2.24, 2.45) is 17.4 Å². The Balaban J connectivity index is 5.17. The van der Waals surface area contributed by atoms with E-state index in [1.165, 1.54) is 0 Å². The highest BCUT2D eigenvalue weighted by Crippen LogP contribution is 2.07. The average molecular weight is 452 g/mol. The van der Waals surface area contributed by atoms with E-state index in [-0.39, 0.29) is 23.8 Å². The van der Waals surface area contributed by atoms with Gasteiger partial charge in [-0.05, 0) is 12.3 Å². The maximum atomic E-state index is 12.5. The van der Waals surface area contributed by atoms with Crippen LogP contribution in [0.3, 0.4) is 0 Å². The zero-order valence-corrected chi connectivity index (χ0v) is 18.0. The lowest BCUT2D eigenvalue weighted by molar-refractivity contribution is -0.141. The quantitative estimate of drug-likeness (QED) is 0.143. The van der Waals surface area contributed by atoms with Crippen LogP contribution in [0.2, 0.25) is 0 Å². The van der Waals surface area contributed by atoms with Gasteiger partial charge in [0.05, 0.1) is 12.5 Å². The Labute approximate surface area is 179 Å². The Bertz CT molecular complexity index is 619. The van der Waals surface area contributed by atoms with Crippen LogP contribution in [0.25, 0.3) is 0 Å². The molecular formula is C16H29N5O6S2. The number of hydrogen-bond acceptors (Lipinski definition) is 8. The molecule has 0 spiro atoms. The molecular weight excluding hydrogens is 422 g/mol. The van der Waals surface area contributed by atoms with Crippen molar-refractivity contribution < 1.29 is 29.1 Å². The van der Waals surface area contributed by atoms with E-state index < -0.39 is 60.2 Å². The van der Waals surface area contributed by atoms with Crippen molar-refractivity contribution in [3.05, 3.63) is 0 Å². The molecule has 4 unspecified atom stereocenters. The molecule has 0 fully saturated rings. The lowest BCUT2D eigenvalue weighted by Crippen LogP contribution is -2.58. The van der Waals surface area contributed by atoms with Crippen LogP contribution in [0.1, 0.15) is 26.7 Å². The summed E-state index contributed by atoms with van der Waals surface area (Å²) in [4.78, 5) is 58.9. The van der Waals surface area contributed by atoms with E-state index in [9.17, 15) is 24.0 Å². The van der Waals surface area contributed by atoms with Crippen LogP contribution < -0.4 is 27.4 Å². The normalized spacial score (nSPS) is 15.0. The van der Waals surface area contributed by atoms with Crippen molar-refractivity contribution in [1.29, 1.82) is 0 Å². The van der Waals surface area contributed by atoms with Crippen molar-refractivity contribution in [1.82, 2.24) is 16.0 Å². The summed E-state index contributed by atoms with van der Waals surface area (Å²) < 4.78 is 0. The van der Waals surface area contributed by atoms with Gasteiger partial charge in [-0.1, -0.05) is 13.8 Å². The fraction of sp³-hybridized carbons (Fsp3) is 0.688. The number of aliphatic carboxylic acids is 1. The summed E-state index contributed by atoms with van der Waals surface area (Å²) in [7, 11) is 0. The smallest absolute Gasteiger partial charge is 0.327 e. The molecule has 0 saturated carbocycles. The van der Waals surface area contributed by atoms with Gasteiger partial charge in [0.2, 0.25) is 23.6 Å². The average Bonchev–Trinajstić information content (AvgIpc) is 2.61. The van der Waals surface area contributed by atoms with Crippen molar-refractivity contribution in [2.45, 2.75) is 50.9 Å². The number of carbonyl (C=O) groups is 5. The molecule has 0 radical (unpaired) electrons. The summed E-state index contributed by atoms with van der Waals surface area (Å²) in [5, 5.41) is 16.2. The maximum absolute atomic E-state index is 12.5. The summed E-state index contributed by atoms with van der Waals surface area (Å²) in [6.07, 6.45) is -0.170. The molecule has 0 aromatic heterocycles. The van der Waals surface area contributed by atoms with E-state index >= 15 is 0 Å². The molecule has 8 N–H and O–H groups in total. The van der Waals surface area contributed by atoms with Gasteiger partial charge in [-0.2, -0.15) is 25.3 Å². The highest BCUT2D eigenvalue weighted by Gasteiger charge is 2.30. The fourth-order valence-corrected chi connectivity index (χ4v) is 2.72. The molecule has 0 bridgehead atoms. The number of thiol groups is 2. The van der Waals surface area contributed by atoms with E-state index in [1.54, 1.807) is 0 Å². The van der Waals surface area contributed by atoms with Gasteiger partial charge in [0.1, 0.15) is 18.1 Å². The van der Waals surface area contributed by atoms with E-state index in [4.69, 9.17) is 16.6 Å². The molecule has 0 aromatic rings. The van der Waals surface area contributed by atoms with E-state index in [2.05, 4.69) is 41.2 Å². The molecule has 0 aliphatic carbocycles. The number of amides is 4. The van der Waals surface area contributed by atoms with Crippen molar-refractivity contribution in [3.63, 3.8) is 0 Å². The maximum Gasteiger partial charge on any atom is 0.327 e. The number of carboxylic acid groups (broad SMARTS) is 1. The van der Waals surface area contributed by atoms with Crippen molar-refractivity contribution in [2.75, 3.05) is 11.5 Å². The van der Waals surface area contributed by atoms with Gasteiger partial charge in [0.25, 0.3) is 0 Å². The van der Waals surface area contributed by atoms with Crippen LogP contribution in [0.15, 0.2) is 0 Å². The third kappa shape index (κ3) is 10.4. The summed E-state index contributed by atoms with van der Waals surface area (Å²) in [6, 6.07) is -4.62. The van der Waals surface area contributed by atoms with Gasteiger partial charge in [-0.3, -0.25) is 19.2 Å². The molecule has 4 amide bonds. The molecule has 166 valence electrons. The van der Waals surface area contributed by atoms with Crippen LogP contribution >= 0.6 is 25.3 Å². The van der Waals surface area contributed by atoms with Gasteiger partial charge in [0.15, 0.2) is 0 Å². The highest BCUT2D eigenvalue weighted by molar-refractivity contribution is 7.80. The Morgan fingerprint density at radius 3 is 1.72 bits per heavy atom. The van der Waals surface area contributed by atoms with Crippen molar-refractivity contribution >= 4 is 54.9 Å². The second-order valence-corrected chi connectivity index (χ2v) is 7.52. The lowest BCUT2D eigenvalue weighted by atomic mass is 10.0. The molecule has 0 rings (SSSR count). The zero-order valence-electron chi connectivity index (χ0n) is 16.3. The minimum atomic E-state index is -1.26. The largest absolute Gasteiger partial charge is 0.480 e. The van der Waals surface area contributed by atoms with Gasteiger partial charge < -0.3 is 32.5 Å². The number of carboxylic acids is 1. The van der Waals surface area contributed by atoms with Gasteiger partial charge in [-0.15, -0.1) is 0 Å². The number of nitrogens with two attached hydrogens (primary N) is 2. The predicted octanol–water partition coefficient (Wildman–Crippen LogP) is -2.37. The van der Waals surface area contributed by atoms with Crippen molar-refractivity contribution in [3.8, 4) is 0 Å². The molecule has 11 nitrogen and oxygen atoms in total. The summed E-state index contributed by atoms with van der Waals surface area (Å²) in [6.45, 7) is 3.64. The van der Waals surface area contributed by atoms with E-state index in [1.807, 2.05) is 13.8 Å². The Kier molecular flexibility index (Phi) is 12.4. The SMILES string of the molecule is CC(C)CC(NC(=O)C(CS)NC(=O)C(N)CC(N)=O)C(=O)NC(CS)C(=O)O. The second kappa shape index (κ2) is 13.3. The standard InChI is InChI=1S/C16H29N5O6S2/c1-7(2)3-9(14(24)21-11(6-29)16(26)27)19-15(25)10(5-28)20-13(23)8(17)4-12(18)22/h7-11,28-29H,3-6,17H2,1-2H3,(H2,18,22)(H,19,25)(H,20,23)(H,21,24)(H,26,27). The third-order valence-corrected chi connectivity index (χ3v) is 4.44. The molecule has 4 atom stereocenters. The Morgan fingerprint density at radius 2 is 1.31 bits per heavy atom. The van der Waals surface area contributed by atoms with Gasteiger partial charge >= 0.3 is 5.97 Å². The van der Waals surface area contributed by atoms with Gasteiger partial charge in [-0.25, -0.2) is 4.79 Å². The number of carbonyl (C=O) groups excluding carboxylic acids is 4. The van der Waals surface area contributed by atoms with Crippen LogP contribution in [-0.2, 0) is 24.0 Å². The number of primary amides is 1. The molecule has 0 aliphatic rings. The molecule has 13 heteroatoms. The first-order valence-corrected chi connectivity index (χ1v) is 10.1. The van der Waals surface area contributed by atoms with Crippen LogP contribution in [0.4, 0.5) is 0 Å². The number of rotatable bonds is 13. The Hall–Kier alpha value is -1.99. The first-order chi connectivity index (χ1) is 13.4. The second-order valence-electron chi connectivity index (χ2n) is 6.79. The van der Waals surface area contributed by atoms with Gasteiger partial charge in [0, 0.05) is 11.5 Å². The molecule has 29 heavy (non-hydrogen) atoms. The lowest BCUT2D eigenvalue weighted by Gasteiger charge is -2.25. The molecule has 0 saturated heterocycles. The highest BCUT2D eigenvalue weighted by atomic mass is 32.1. The van der Waals surface area contributed by atoms with Crippen LogP contribution in [0, 0.1) is 5.92 Å². The van der Waals surface area contributed by atoms with E-state index in [0.717, 1.165) is 0 Å². The first kappa shape index (κ1) is 27.0. The molecule has 0 aromatic carbocycles. The zero-order chi connectivity index (χ0) is 22.7. The molecule has 0 heterocycles. The van der Waals surface area contributed by atoms with Crippen LogP contribution in [0.5, 0.6) is 0 Å². The monoisotopic (exact) mass is 451 g/mol. The summed E-state index contributed by atoms with van der Waals surface area (Å²) in [5.74, 6) is -4.44. The predicted molar refractivity (Wildman–Crippen MR) is 112 cm³/mol. The summed E-state index contributed by atoms with van der Waals surface area (Å²) >= 11 is 7.89. The summed E-state index contributed by atoms with van der Waals surface area (Å²) in [5.41, 5.74) is 10.5. The topological polar surface area (TPSA) is 194 Å². The fourth-order valence-electron chi connectivity index (χ4n) is 2.22. The van der Waals surface area contributed by atoms with Crippen LogP contribution in [-0.4, -0.2) is 70.4 Å². The minimum absolute atomic E-state index is 0.00152. The third-order valence-electron chi connectivity index (χ3n) is 3.71. The number of hydrogen-bond donors (Lipinski definition) is 8. The van der Waals surface area contributed by atoms with E-state index in [0.29, 0.717) is 0 Å². The number of nitrogens with one attached hydrogen (secondary N) is 3. The minimum Gasteiger partial charge on any atom is -0.480 e. The first-order valence-electron chi connectivity index (χ1n) is 8.82. The Morgan fingerprint density at radius 1 is 0.862 bits per heavy atom. The molecule has 0 aliphatic heterocycles.